The van der Waals surface area contributed by atoms with Crippen LogP contribution < -0.4 is 0 Å². The van der Waals surface area contributed by atoms with Crippen LogP contribution in [0.15, 0.2) is 35.2 Å². The van der Waals surface area contributed by atoms with Crippen LogP contribution in [-0.4, -0.2) is 0 Å². The van der Waals surface area contributed by atoms with Crippen LogP contribution in [-0.2, 0) is 0 Å². The first-order valence-corrected chi connectivity index (χ1v) is 3.91. The molecular weight excluding hydrogens is 140 g/mol. The Kier molecular flexibility index (Phi) is 2.25. The lowest BCUT2D eigenvalue weighted by atomic mass is 10.4. The molecule has 1 rings (SSSR count). The predicted molar refractivity (Wildman–Crippen MR) is 38.2 cm³/mol. The molecule has 0 unspecified atom stereocenters. The van der Waals surface area contributed by atoms with E-state index in [2.05, 4.69) is 0 Å². The summed E-state index contributed by atoms with van der Waals surface area (Å²) in [5, 5.41) is 0. The van der Waals surface area contributed by atoms with E-state index in [9.17, 15) is 0 Å². The van der Waals surface area contributed by atoms with Crippen LogP contribution in [0.3, 0.4) is 0 Å². The van der Waals surface area contributed by atoms with Crippen molar-refractivity contribution in [3.8, 4) is 0 Å². The first-order chi connectivity index (χ1) is 3.93. The maximum Gasteiger partial charge on any atom is 0.0233 e. The van der Waals surface area contributed by atoms with Gasteiger partial charge >= 0.3 is 0 Å². The molecule has 42 valence electrons. The lowest BCUT2D eigenvalue weighted by molar-refractivity contribution is 1.48. The van der Waals surface area contributed by atoms with Gasteiger partial charge in [0.15, 0.2) is 0 Å². The molecule has 0 nitrogen and oxygen atoms in total. The van der Waals surface area contributed by atoms with Gasteiger partial charge in [-0.25, -0.2) is 0 Å². The summed E-state index contributed by atoms with van der Waals surface area (Å²) in [6.45, 7) is 0. The number of rotatable bonds is 1. The van der Waals surface area contributed by atoms with Gasteiger partial charge in [-0.15, -0.1) is 0 Å². The number of hydrogen-bond donors (Lipinski definition) is 0. The molecule has 1 aromatic rings. The first kappa shape index (κ1) is 5.99. The minimum absolute atomic E-state index is 1.09. The Bertz CT molecular complexity index is 150. The van der Waals surface area contributed by atoms with Crippen LogP contribution in [0.4, 0.5) is 0 Å². The van der Waals surface area contributed by atoms with Gasteiger partial charge in [-0.2, -0.15) is 0 Å². The minimum atomic E-state index is 1.09. The second-order valence-electron chi connectivity index (χ2n) is 1.39. The molecule has 0 saturated heterocycles. The van der Waals surface area contributed by atoms with Crippen molar-refractivity contribution in [2.45, 2.75) is 4.90 Å². The first-order valence-electron chi connectivity index (χ1n) is 2.27. The summed E-state index contributed by atoms with van der Waals surface area (Å²) in [4.78, 5) is 1.09. The van der Waals surface area contributed by atoms with E-state index in [1.165, 1.54) is 11.0 Å². The van der Waals surface area contributed by atoms with Crippen molar-refractivity contribution in [2.24, 2.45) is 0 Å². The number of benzene rings is 1. The van der Waals surface area contributed by atoms with Crippen molar-refractivity contribution >= 4 is 21.7 Å². The standard InChI is InChI=1S/C6H5ClS/c7-8-6-4-2-1-3-5-6/h1-5H. The Hall–Kier alpha value is -0.140. The molecule has 1 aromatic carbocycles. The van der Waals surface area contributed by atoms with Crippen LogP contribution >= 0.6 is 21.7 Å². The van der Waals surface area contributed by atoms with E-state index < -0.39 is 0 Å². The molecule has 8 heavy (non-hydrogen) atoms. The average molecular weight is 145 g/mol. The molecule has 0 heterocycles. The highest BCUT2D eigenvalue weighted by molar-refractivity contribution is 8.21. The molecule has 0 fully saturated rings. The van der Waals surface area contributed by atoms with E-state index in [4.69, 9.17) is 10.7 Å². The average Bonchev–Trinajstić information content (AvgIpc) is 1.90. The SMILES string of the molecule is ClSc1ccccc1. The summed E-state index contributed by atoms with van der Waals surface area (Å²) < 4.78 is 0. The fourth-order valence-electron chi connectivity index (χ4n) is 0.472. The lowest BCUT2D eigenvalue weighted by Crippen LogP contribution is -1.59. The molecule has 0 saturated carbocycles. The molecule has 0 aliphatic carbocycles. The zero-order chi connectivity index (χ0) is 5.82. The second kappa shape index (κ2) is 3.00. The van der Waals surface area contributed by atoms with Crippen molar-refractivity contribution < 1.29 is 0 Å². The molecule has 0 bridgehead atoms. The van der Waals surface area contributed by atoms with Gasteiger partial charge in [-0.3, -0.25) is 0 Å². The van der Waals surface area contributed by atoms with Gasteiger partial charge in [-0.1, -0.05) is 18.2 Å². The lowest BCUT2D eigenvalue weighted by Gasteiger charge is -1.86. The topological polar surface area (TPSA) is 0 Å². The Balaban J connectivity index is 2.83. The van der Waals surface area contributed by atoms with Gasteiger partial charge in [0.05, 0.1) is 0 Å². The zero-order valence-corrected chi connectivity index (χ0v) is 5.75. The predicted octanol–water partition coefficient (Wildman–Crippen LogP) is 2.93. The van der Waals surface area contributed by atoms with Crippen molar-refractivity contribution in [1.29, 1.82) is 0 Å². The second-order valence-corrected chi connectivity index (χ2v) is 2.48. The monoisotopic (exact) mass is 144 g/mol. The fraction of sp³-hybridized carbons (Fsp3) is 0. The maximum atomic E-state index is 5.44. The van der Waals surface area contributed by atoms with E-state index >= 15 is 0 Å². The number of halogens is 1. The summed E-state index contributed by atoms with van der Waals surface area (Å²) in [6.07, 6.45) is 0. The van der Waals surface area contributed by atoms with Crippen LogP contribution in [0.1, 0.15) is 0 Å². The summed E-state index contributed by atoms with van der Waals surface area (Å²) in [5.74, 6) is 0. The maximum absolute atomic E-state index is 5.44. The highest BCUT2D eigenvalue weighted by Gasteiger charge is 1.82. The third-order valence-electron chi connectivity index (χ3n) is 0.832. The van der Waals surface area contributed by atoms with Crippen LogP contribution in [0, 0.1) is 0 Å². The van der Waals surface area contributed by atoms with E-state index in [1.807, 2.05) is 30.3 Å². The molecule has 0 aromatic heterocycles. The van der Waals surface area contributed by atoms with E-state index in [0.717, 1.165) is 4.90 Å². The molecule has 0 amide bonds. The van der Waals surface area contributed by atoms with Gasteiger partial charge in [0.25, 0.3) is 0 Å². The van der Waals surface area contributed by atoms with Crippen molar-refractivity contribution in [2.75, 3.05) is 0 Å². The van der Waals surface area contributed by atoms with Crippen molar-refractivity contribution in [1.82, 2.24) is 0 Å². The molecule has 0 aliphatic heterocycles. The van der Waals surface area contributed by atoms with E-state index in [-0.39, 0.29) is 0 Å². The van der Waals surface area contributed by atoms with Gasteiger partial charge in [-0.05, 0) is 33.8 Å². The smallest absolute Gasteiger partial charge is 0.0233 e. The molecule has 0 spiro atoms. The Morgan fingerprint density at radius 1 is 1.12 bits per heavy atom. The Morgan fingerprint density at radius 2 is 1.75 bits per heavy atom. The molecule has 0 aliphatic rings. The van der Waals surface area contributed by atoms with E-state index in [0.29, 0.717) is 0 Å². The molecule has 0 N–H and O–H groups in total. The quantitative estimate of drug-likeness (QED) is 0.584. The third kappa shape index (κ3) is 1.42. The van der Waals surface area contributed by atoms with Crippen LogP contribution in [0.2, 0.25) is 0 Å². The number of hydrogen-bond acceptors (Lipinski definition) is 1. The Morgan fingerprint density at radius 3 is 2.12 bits per heavy atom. The normalized spacial score (nSPS) is 9.12. The summed E-state index contributed by atoms with van der Waals surface area (Å²) in [5.41, 5.74) is 0. The van der Waals surface area contributed by atoms with Gasteiger partial charge in [0.1, 0.15) is 0 Å². The molecular formula is C6H5ClS. The highest BCUT2D eigenvalue weighted by Crippen LogP contribution is 2.19. The van der Waals surface area contributed by atoms with E-state index in [1.54, 1.807) is 0 Å². The van der Waals surface area contributed by atoms with Gasteiger partial charge in [0.2, 0.25) is 0 Å². The minimum Gasteiger partial charge on any atom is -0.0622 e. The van der Waals surface area contributed by atoms with Crippen LogP contribution in [0.25, 0.3) is 0 Å². The van der Waals surface area contributed by atoms with Crippen molar-refractivity contribution in [3.63, 3.8) is 0 Å². The zero-order valence-electron chi connectivity index (χ0n) is 4.17. The van der Waals surface area contributed by atoms with Crippen LogP contribution in [0.5, 0.6) is 0 Å². The molecule has 0 atom stereocenters. The summed E-state index contributed by atoms with van der Waals surface area (Å²) >= 11 is 0. The van der Waals surface area contributed by atoms with Gasteiger partial charge in [0, 0.05) is 4.90 Å². The fourth-order valence-corrected chi connectivity index (χ4v) is 1.04. The largest absolute Gasteiger partial charge is 0.0622 e. The third-order valence-corrected chi connectivity index (χ3v) is 1.82. The molecule has 2 heteroatoms. The van der Waals surface area contributed by atoms with Gasteiger partial charge < -0.3 is 0 Å². The van der Waals surface area contributed by atoms with Crippen molar-refractivity contribution in [3.05, 3.63) is 30.3 Å². The summed E-state index contributed by atoms with van der Waals surface area (Å²) in [6, 6.07) is 9.83. The highest BCUT2D eigenvalue weighted by atomic mass is 35.7. The summed E-state index contributed by atoms with van der Waals surface area (Å²) in [7, 11) is 6.68. The Labute approximate surface area is 57.4 Å². The molecule has 0 radical (unpaired) electrons.